The second-order valence-electron chi connectivity index (χ2n) is 7.66. The van der Waals surface area contributed by atoms with Gasteiger partial charge in [-0.05, 0) is 45.2 Å². The fourth-order valence-electron chi connectivity index (χ4n) is 4.30. The molecule has 140 valence electrons. The molecule has 2 aliphatic heterocycles. The molecule has 2 N–H and O–H groups in total. The highest BCUT2D eigenvalue weighted by molar-refractivity contribution is 5.94. The number of nitrogens with zero attached hydrogens (tertiary/aromatic N) is 3. The summed E-state index contributed by atoms with van der Waals surface area (Å²) in [7, 11) is 0. The molecule has 1 aromatic heterocycles. The highest BCUT2D eigenvalue weighted by Gasteiger charge is 2.37. The minimum absolute atomic E-state index is 0.00488. The van der Waals surface area contributed by atoms with Gasteiger partial charge in [0.1, 0.15) is 0 Å². The lowest BCUT2D eigenvalue weighted by atomic mass is 9.96. The van der Waals surface area contributed by atoms with Gasteiger partial charge in [-0.1, -0.05) is 19.8 Å². The maximum Gasteiger partial charge on any atom is 0.274 e. The van der Waals surface area contributed by atoms with E-state index >= 15 is 0 Å². The van der Waals surface area contributed by atoms with Crippen molar-refractivity contribution in [3.05, 3.63) is 17.0 Å². The number of likely N-dealkylation sites (tertiary alicyclic amines) is 2. The van der Waals surface area contributed by atoms with E-state index in [-0.39, 0.29) is 18.4 Å². The van der Waals surface area contributed by atoms with Gasteiger partial charge in [-0.2, -0.15) is 5.10 Å². The maximum atomic E-state index is 12.9. The summed E-state index contributed by atoms with van der Waals surface area (Å²) in [6.45, 7) is 8.85. The normalized spacial score (nSPS) is 25.3. The number of aromatic amines is 1. The molecular weight excluding hydrogens is 316 g/mol. The Hall–Kier alpha value is -1.40. The smallest absolute Gasteiger partial charge is 0.274 e. The maximum absolute atomic E-state index is 12.9. The second kappa shape index (κ2) is 8.32. The zero-order valence-corrected chi connectivity index (χ0v) is 15.6. The van der Waals surface area contributed by atoms with Crippen LogP contribution >= 0.6 is 0 Å². The van der Waals surface area contributed by atoms with Crippen molar-refractivity contribution in [2.75, 3.05) is 39.3 Å². The third-order valence-corrected chi connectivity index (χ3v) is 5.96. The zero-order valence-electron chi connectivity index (χ0n) is 15.6. The highest BCUT2D eigenvalue weighted by Crippen LogP contribution is 2.27. The largest absolute Gasteiger partial charge is 0.396 e. The summed E-state index contributed by atoms with van der Waals surface area (Å²) in [4.78, 5) is 17.3. The average molecular weight is 348 g/mol. The molecule has 25 heavy (non-hydrogen) atoms. The Balaban J connectivity index is 1.65. The fourth-order valence-corrected chi connectivity index (χ4v) is 4.30. The monoisotopic (exact) mass is 348 g/mol. The van der Waals surface area contributed by atoms with Crippen LogP contribution in [0.25, 0.3) is 0 Å². The van der Waals surface area contributed by atoms with E-state index in [9.17, 15) is 9.90 Å². The highest BCUT2D eigenvalue weighted by atomic mass is 16.3. The molecule has 6 nitrogen and oxygen atoms in total. The van der Waals surface area contributed by atoms with Crippen molar-refractivity contribution < 1.29 is 9.90 Å². The number of aromatic nitrogens is 2. The lowest BCUT2D eigenvalue weighted by molar-refractivity contribution is 0.0772. The van der Waals surface area contributed by atoms with Crippen molar-refractivity contribution in [3.8, 4) is 0 Å². The van der Waals surface area contributed by atoms with Crippen LogP contribution in [-0.4, -0.2) is 70.3 Å². The Morgan fingerprint density at radius 1 is 1.20 bits per heavy atom. The molecule has 2 atom stereocenters. The summed E-state index contributed by atoms with van der Waals surface area (Å²) in [5.74, 6) is 0.541. The van der Waals surface area contributed by atoms with Gasteiger partial charge in [0.2, 0.25) is 0 Å². The molecule has 0 radical (unpaired) electrons. The van der Waals surface area contributed by atoms with Gasteiger partial charge >= 0.3 is 0 Å². The van der Waals surface area contributed by atoms with Gasteiger partial charge in [0.05, 0.1) is 0 Å². The first-order valence-electron chi connectivity index (χ1n) is 9.80. The Labute approximate surface area is 150 Å². The molecule has 3 rings (SSSR count). The van der Waals surface area contributed by atoms with Crippen molar-refractivity contribution in [2.24, 2.45) is 11.8 Å². The molecule has 2 saturated heterocycles. The molecule has 0 unspecified atom stereocenters. The van der Waals surface area contributed by atoms with E-state index in [0.29, 0.717) is 18.2 Å². The molecule has 2 fully saturated rings. The van der Waals surface area contributed by atoms with Gasteiger partial charge in [-0.3, -0.25) is 9.89 Å². The molecule has 3 heterocycles. The first-order chi connectivity index (χ1) is 12.1. The SMILES string of the molecule is CCc1[nH]nc(C(=O)N2C[C@@H](CN3CCCCCC3)[C@@H](CO)C2)c1C. The van der Waals surface area contributed by atoms with E-state index in [0.717, 1.165) is 43.9 Å². The minimum atomic E-state index is 0.00488. The number of H-pyrrole nitrogens is 1. The summed E-state index contributed by atoms with van der Waals surface area (Å²) in [5.41, 5.74) is 2.54. The standard InChI is InChI=1S/C19H32N4O2/c1-3-17-14(2)18(21-20-17)19(25)23-11-15(16(12-23)13-24)10-22-8-6-4-5-7-9-22/h15-16,24H,3-13H2,1-2H3,(H,20,21)/t15-,16-/m1/s1. The number of carbonyl (C=O) groups is 1. The number of aliphatic hydroxyl groups excluding tert-OH is 1. The molecule has 0 aromatic carbocycles. The van der Waals surface area contributed by atoms with Crippen molar-refractivity contribution >= 4 is 5.91 Å². The number of aliphatic hydroxyl groups is 1. The van der Waals surface area contributed by atoms with Crippen molar-refractivity contribution in [2.45, 2.75) is 46.0 Å². The van der Waals surface area contributed by atoms with E-state index in [1.54, 1.807) is 0 Å². The summed E-state index contributed by atoms with van der Waals surface area (Å²) in [5, 5.41) is 17.0. The second-order valence-corrected chi connectivity index (χ2v) is 7.66. The molecule has 0 saturated carbocycles. The van der Waals surface area contributed by atoms with E-state index in [1.807, 2.05) is 11.8 Å². The summed E-state index contributed by atoms with van der Waals surface area (Å²) in [6, 6.07) is 0. The van der Waals surface area contributed by atoms with Gasteiger partial charge in [0.15, 0.2) is 5.69 Å². The molecular formula is C19H32N4O2. The predicted molar refractivity (Wildman–Crippen MR) is 97.6 cm³/mol. The van der Waals surface area contributed by atoms with Crippen molar-refractivity contribution in [3.63, 3.8) is 0 Å². The Morgan fingerprint density at radius 2 is 1.88 bits per heavy atom. The lowest BCUT2D eigenvalue weighted by Crippen LogP contribution is -2.35. The van der Waals surface area contributed by atoms with E-state index in [4.69, 9.17) is 0 Å². The number of hydrogen-bond acceptors (Lipinski definition) is 4. The van der Waals surface area contributed by atoms with Crippen LogP contribution in [0, 0.1) is 18.8 Å². The summed E-state index contributed by atoms with van der Waals surface area (Å²) >= 11 is 0. The number of nitrogens with one attached hydrogen (secondary N) is 1. The summed E-state index contributed by atoms with van der Waals surface area (Å²) < 4.78 is 0. The Kier molecular flexibility index (Phi) is 6.12. The minimum Gasteiger partial charge on any atom is -0.396 e. The molecule has 0 aliphatic carbocycles. The Morgan fingerprint density at radius 3 is 2.48 bits per heavy atom. The van der Waals surface area contributed by atoms with Gasteiger partial charge in [0, 0.05) is 43.4 Å². The van der Waals surface area contributed by atoms with E-state index in [2.05, 4.69) is 22.0 Å². The van der Waals surface area contributed by atoms with Crippen LogP contribution in [0.3, 0.4) is 0 Å². The fraction of sp³-hybridized carbons (Fsp3) is 0.789. The predicted octanol–water partition coefficient (Wildman–Crippen LogP) is 1.84. The number of carbonyl (C=O) groups excluding carboxylic acids is 1. The molecule has 1 aromatic rings. The average Bonchev–Trinajstić information content (AvgIpc) is 3.09. The molecule has 1 amide bonds. The van der Waals surface area contributed by atoms with Gasteiger partial charge in [-0.25, -0.2) is 0 Å². The van der Waals surface area contributed by atoms with Crippen molar-refractivity contribution in [1.29, 1.82) is 0 Å². The van der Waals surface area contributed by atoms with E-state index in [1.165, 1.54) is 25.7 Å². The zero-order chi connectivity index (χ0) is 17.8. The number of hydrogen-bond donors (Lipinski definition) is 2. The molecule has 0 bridgehead atoms. The number of aryl methyl sites for hydroxylation is 1. The number of rotatable bonds is 5. The van der Waals surface area contributed by atoms with Crippen LogP contribution < -0.4 is 0 Å². The van der Waals surface area contributed by atoms with Crippen LogP contribution in [0.4, 0.5) is 0 Å². The van der Waals surface area contributed by atoms with Crippen LogP contribution in [0.1, 0.15) is 54.4 Å². The lowest BCUT2D eigenvalue weighted by Gasteiger charge is -2.26. The first kappa shape index (κ1) is 18.4. The molecule has 6 heteroatoms. The van der Waals surface area contributed by atoms with Crippen LogP contribution in [0.5, 0.6) is 0 Å². The first-order valence-corrected chi connectivity index (χ1v) is 9.80. The van der Waals surface area contributed by atoms with Crippen LogP contribution in [-0.2, 0) is 6.42 Å². The van der Waals surface area contributed by atoms with Crippen molar-refractivity contribution in [1.82, 2.24) is 20.0 Å². The molecule has 2 aliphatic rings. The quantitative estimate of drug-likeness (QED) is 0.852. The molecule has 0 spiro atoms. The topological polar surface area (TPSA) is 72.5 Å². The third kappa shape index (κ3) is 4.06. The number of amides is 1. The van der Waals surface area contributed by atoms with E-state index < -0.39 is 0 Å². The van der Waals surface area contributed by atoms with Gasteiger partial charge in [0.25, 0.3) is 5.91 Å². The third-order valence-electron chi connectivity index (χ3n) is 5.96. The van der Waals surface area contributed by atoms with Crippen LogP contribution in [0.2, 0.25) is 0 Å². The van der Waals surface area contributed by atoms with Crippen LogP contribution in [0.15, 0.2) is 0 Å². The van der Waals surface area contributed by atoms with Gasteiger partial charge < -0.3 is 14.9 Å². The Bertz CT molecular complexity index is 578. The van der Waals surface area contributed by atoms with Gasteiger partial charge in [-0.15, -0.1) is 0 Å². The summed E-state index contributed by atoms with van der Waals surface area (Å²) in [6.07, 6.45) is 6.04.